The van der Waals surface area contributed by atoms with E-state index >= 15 is 0 Å². The number of nitrogens with zero attached hydrogens (tertiary/aromatic N) is 1. The first-order valence-electron chi connectivity index (χ1n) is 10.4. The number of likely N-dealkylation sites (tertiary alicyclic amines) is 1. The standard InChI is InChI=1S/C24H29NO3/c26-24(28-18-20-9-5-2-6-10-20)25-15-22-12-11-21(23(22)16-25)13-14-27-17-19-7-3-1-4-8-19/h1-10,21-23H,11-18H2. The molecule has 1 aliphatic carbocycles. The molecule has 0 N–H and O–H groups in total. The van der Waals surface area contributed by atoms with E-state index in [9.17, 15) is 4.79 Å². The Morgan fingerprint density at radius 1 is 0.893 bits per heavy atom. The van der Waals surface area contributed by atoms with E-state index in [-0.39, 0.29) is 6.09 Å². The highest BCUT2D eigenvalue weighted by Gasteiger charge is 2.44. The fourth-order valence-corrected chi connectivity index (χ4v) is 4.70. The molecule has 2 fully saturated rings. The van der Waals surface area contributed by atoms with Crippen LogP contribution in [0.25, 0.3) is 0 Å². The van der Waals surface area contributed by atoms with Crippen molar-refractivity contribution >= 4 is 6.09 Å². The zero-order chi connectivity index (χ0) is 19.2. The number of amides is 1. The van der Waals surface area contributed by atoms with Gasteiger partial charge < -0.3 is 14.4 Å². The van der Waals surface area contributed by atoms with Gasteiger partial charge in [0.1, 0.15) is 6.61 Å². The minimum absolute atomic E-state index is 0.169. The Labute approximate surface area is 167 Å². The monoisotopic (exact) mass is 379 g/mol. The van der Waals surface area contributed by atoms with Crippen LogP contribution in [0.1, 0.15) is 30.4 Å². The van der Waals surface area contributed by atoms with Gasteiger partial charge in [0.15, 0.2) is 0 Å². The maximum Gasteiger partial charge on any atom is 0.410 e. The number of hydrogen-bond acceptors (Lipinski definition) is 3. The van der Waals surface area contributed by atoms with E-state index in [0.717, 1.165) is 31.7 Å². The molecule has 1 aliphatic heterocycles. The molecule has 1 saturated carbocycles. The lowest BCUT2D eigenvalue weighted by Crippen LogP contribution is -2.30. The van der Waals surface area contributed by atoms with E-state index in [4.69, 9.17) is 9.47 Å². The largest absolute Gasteiger partial charge is 0.445 e. The molecule has 2 aromatic rings. The van der Waals surface area contributed by atoms with Crippen LogP contribution in [-0.4, -0.2) is 30.7 Å². The van der Waals surface area contributed by atoms with E-state index in [1.807, 2.05) is 53.4 Å². The second kappa shape index (κ2) is 9.24. The summed E-state index contributed by atoms with van der Waals surface area (Å²) in [5.74, 6) is 1.89. The lowest BCUT2D eigenvalue weighted by atomic mass is 9.90. The molecule has 4 nitrogen and oxygen atoms in total. The van der Waals surface area contributed by atoms with Gasteiger partial charge in [-0.3, -0.25) is 0 Å². The number of fused-ring (bicyclic) bond motifs is 1. The van der Waals surface area contributed by atoms with Gasteiger partial charge in [-0.25, -0.2) is 4.79 Å². The normalized spacial score (nSPS) is 23.6. The van der Waals surface area contributed by atoms with Gasteiger partial charge in [0.05, 0.1) is 6.61 Å². The summed E-state index contributed by atoms with van der Waals surface area (Å²) in [6.45, 7) is 3.50. The summed E-state index contributed by atoms with van der Waals surface area (Å²) >= 11 is 0. The van der Waals surface area contributed by atoms with Crippen LogP contribution >= 0.6 is 0 Å². The van der Waals surface area contributed by atoms with Crippen molar-refractivity contribution in [3.05, 3.63) is 71.8 Å². The van der Waals surface area contributed by atoms with Crippen LogP contribution in [-0.2, 0) is 22.7 Å². The quantitative estimate of drug-likeness (QED) is 0.643. The van der Waals surface area contributed by atoms with Crippen LogP contribution in [0.4, 0.5) is 4.79 Å². The third-order valence-corrected chi connectivity index (χ3v) is 6.21. The second-order valence-electron chi connectivity index (χ2n) is 8.03. The van der Waals surface area contributed by atoms with Gasteiger partial charge in [0.25, 0.3) is 0 Å². The van der Waals surface area contributed by atoms with Gasteiger partial charge in [-0.1, -0.05) is 60.7 Å². The highest BCUT2D eigenvalue weighted by atomic mass is 16.6. The number of hydrogen-bond donors (Lipinski definition) is 0. The molecule has 4 heteroatoms. The molecular weight excluding hydrogens is 350 g/mol. The second-order valence-corrected chi connectivity index (χ2v) is 8.03. The maximum atomic E-state index is 12.5. The summed E-state index contributed by atoms with van der Waals surface area (Å²) in [6.07, 6.45) is 3.39. The summed E-state index contributed by atoms with van der Waals surface area (Å²) in [7, 11) is 0. The van der Waals surface area contributed by atoms with Crippen molar-refractivity contribution in [3.8, 4) is 0 Å². The lowest BCUT2D eigenvalue weighted by molar-refractivity contribution is 0.0934. The molecular formula is C24H29NO3. The molecule has 0 bridgehead atoms. The molecule has 28 heavy (non-hydrogen) atoms. The van der Waals surface area contributed by atoms with E-state index in [2.05, 4.69) is 12.1 Å². The van der Waals surface area contributed by atoms with Crippen LogP contribution in [0, 0.1) is 17.8 Å². The molecule has 1 saturated heterocycles. The third kappa shape index (κ3) is 4.74. The van der Waals surface area contributed by atoms with E-state index in [0.29, 0.717) is 31.0 Å². The van der Waals surface area contributed by atoms with Gasteiger partial charge in [0, 0.05) is 19.7 Å². The third-order valence-electron chi connectivity index (χ3n) is 6.21. The van der Waals surface area contributed by atoms with Gasteiger partial charge >= 0.3 is 6.09 Å². The number of rotatable bonds is 7. The summed E-state index contributed by atoms with van der Waals surface area (Å²) in [5, 5.41) is 0. The maximum absolute atomic E-state index is 12.5. The zero-order valence-electron chi connectivity index (χ0n) is 16.3. The molecule has 2 aromatic carbocycles. The Hall–Kier alpha value is -2.33. The summed E-state index contributed by atoms with van der Waals surface area (Å²) in [6, 6.07) is 20.2. The van der Waals surface area contributed by atoms with E-state index < -0.39 is 0 Å². The van der Waals surface area contributed by atoms with Crippen molar-refractivity contribution in [2.75, 3.05) is 19.7 Å². The van der Waals surface area contributed by atoms with E-state index in [1.54, 1.807) is 0 Å². The van der Waals surface area contributed by atoms with Gasteiger partial charge in [-0.2, -0.15) is 0 Å². The topological polar surface area (TPSA) is 38.8 Å². The number of carbonyl (C=O) groups excluding carboxylic acids is 1. The van der Waals surface area contributed by atoms with Crippen LogP contribution < -0.4 is 0 Å². The Morgan fingerprint density at radius 2 is 1.57 bits per heavy atom. The van der Waals surface area contributed by atoms with Crippen molar-refractivity contribution in [1.82, 2.24) is 4.90 Å². The Balaban J connectivity index is 1.19. The number of ether oxygens (including phenoxy) is 2. The summed E-state index contributed by atoms with van der Waals surface area (Å²) in [4.78, 5) is 14.4. The van der Waals surface area contributed by atoms with Crippen LogP contribution in [0.2, 0.25) is 0 Å². The molecule has 0 spiro atoms. The molecule has 0 aromatic heterocycles. The van der Waals surface area contributed by atoms with Crippen molar-refractivity contribution in [1.29, 1.82) is 0 Å². The average molecular weight is 380 g/mol. The predicted octanol–water partition coefficient (Wildman–Crippen LogP) is 4.89. The molecule has 148 valence electrons. The predicted molar refractivity (Wildman–Crippen MR) is 109 cm³/mol. The number of carbonyl (C=O) groups is 1. The molecule has 4 rings (SSSR count). The molecule has 2 aliphatic rings. The average Bonchev–Trinajstić information content (AvgIpc) is 3.32. The van der Waals surface area contributed by atoms with Gasteiger partial charge in [-0.05, 0) is 48.1 Å². The van der Waals surface area contributed by atoms with Gasteiger partial charge in [0.2, 0.25) is 0 Å². The minimum Gasteiger partial charge on any atom is -0.445 e. The fourth-order valence-electron chi connectivity index (χ4n) is 4.70. The van der Waals surface area contributed by atoms with Crippen molar-refractivity contribution in [2.24, 2.45) is 17.8 Å². The van der Waals surface area contributed by atoms with E-state index in [1.165, 1.54) is 18.4 Å². The molecule has 1 heterocycles. The number of benzene rings is 2. The first-order chi connectivity index (χ1) is 13.8. The van der Waals surface area contributed by atoms with Crippen molar-refractivity contribution in [2.45, 2.75) is 32.5 Å². The first kappa shape index (κ1) is 19.0. The van der Waals surface area contributed by atoms with Crippen LogP contribution in [0.5, 0.6) is 0 Å². The molecule has 3 atom stereocenters. The SMILES string of the molecule is O=C(OCc1ccccc1)N1CC2CCC(CCOCc3ccccc3)C2C1. The highest BCUT2D eigenvalue weighted by Crippen LogP contribution is 2.43. The molecule has 3 unspecified atom stereocenters. The van der Waals surface area contributed by atoms with Crippen molar-refractivity contribution in [3.63, 3.8) is 0 Å². The van der Waals surface area contributed by atoms with Crippen LogP contribution in [0.3, 0.4) is 0 Å². The fraction of sp³-hybridized carbons (Fsp3) is 0.458. The lowest BCUT2D eigenvalue weighted by Gasteiger charge is -2.20. The zero-order valence-corrected chi connectivity index (χ0v) is 16.3. The smallest absolute Gasteiger partial charge is 0.410 e. The van der Waals surface area contributed by atoms with Gasteiger partial charge in [-0.15, -0.1) is 0 Å². The summed E-state index contributed by atoms with van der Waals surface area (Å²) < 4.78 is 11.4. The Bertz CT molecular complexity index is 749. The minimum atomic E-state index is -0.169. The van der Waals surface area contributed by atoms with Crippen LogP contribution in [0.15, 0.2) is 60.7 Å². The first-order valence-corrected chi connectivity index (χ1v) is 10.4. The highest BCUT2D eigenvalue weighted by molar-refractivity contribution is 5.68. The Kier molecular flexibility index (Phi) is 6.27. The Morgan fingerprint density at radius 3 is 2.29 bits per heavy atom. The molecule has 1 amide bonds. The van der Waals surface area contributed by atoms with Crippen molar-refractivity contribution < 1.29 is 14.3 Å². The molecule has 0 radical (unpaired) electrons. The summed E-state index contributed by atoms with van der Waals surface area (Å²) in [5.41, 5.74) is 2.25.